The summed E-state index contributed by atoms with van der Waals surface area (Å²) < 4.78 is 7.27. The van der Waals surface area contributed by atoms with Crippen LogP contribution < -0.4 is 10.1 Å². The Labute approximate surface area is 187 Å². The minimum absolute atomic E-state index is 0.0455. The van der Waals surface area contributed by atoms with Crippen molar-refractivity contribution in [2.24, 2.45) is 5.92 Å². The van der Waals surface area contributed by atoms with Gasteiger partial charge in [-0.3, -0.25) is 9.36 Å². The largest absolute Gasteiger partial charge is 0.497 e. The van der Waals surface area contributed by atoms with Gasteiger partial charge in [-0.2, -0.15) is 0 Å². The third-order valence-electron chi connectivity index (χ3n) is 5.64. The number of hydrogen-bond donors (Lipinski definition) is 1. The SMILES string of the molecule is COc1ccc(-c2nnc(SCC(=O)NCC3CCCCC3)n2-c2ccccc2)cc1. The fraction of sp³-hybridized carbons (Fsp3) is 0.375. The lowest BCUT2D eigenvalue weighted by Gasteiger charge is -2.21. The summed E-state index contributed by atoms with van der Waals surface area (Å²) in [5, 5.41) is 12.6. The smallest absolute Gasteiger partial charge is 0.230 e. The number of carbonyl (C=O) groups excluding carboxylic acids is 1. The van der Waals surface area contributed by atoms with E-state index in [1.54, 1.807) is 7.11 Å². The van der Waals surface area contributed by atoms with Gasteiger partial charge in [0.05, 0.1) is 12.9 Å². The molecule has 0 bridgehead atoms. The van der Waals surface area contributed by atoms with Gasteiger partial charge in [0.2, 0.25) is 5.91 Å². The molecule has 0 spiro atoms. The molecular formula is C24H28N4O2S. The van der Waals surface area contributed by atoms with Crippen LogP contribution in [0.25, 0.3) is 17.1 Å². The second kappa shape index (κ2) is 10.5. The maximum Gasteiger partial charge on any atom is 0.230 e. The summed E-state index contributed by atoms with van der Waals surface area (Å²) in [5.41, 5.74) is 1.90. The van der Waals surface area contributed by atoms with Crippen molar-refractivity contribution in [3.63, 3.8) is 0 Å². The molecular weight excluding hydrogens is 408 g/mol. The molecule has 0 atom stereocenters. The molecule has 2 aromatic carbocycles. The number of thioether (sulfide) groups is 1. The van der Waals surface area contributed by atoms with Crippen molar-refractivity contribution in [2.75, 3.05) is 19.4 Å². The van der Waals surface area contributed by atoms with Gasteiger partial charge in [-0.05, 0) is 55.2 Å². The zero-order valence-electron chi connectivity index (χ0n) is 17.8. The molecule has 1 heterocycles. The van der Waals surface area contributed by atoms with E-state index in [0.717, 1.165) is 29.4 Å². The topological polar surface area (TPSA) is 69.0 Å². The zero-order valence-corrected chi connectivity index (χ0v) is 18.6. The quantitative estimate of drug-likeness (QED) is 0.517. The minimum Gasteiger partial charge on any atom is -0.497 e. The molecule has 31 heavy (non-hydrogen) atoms. The van der Waals surface area contributed by atoms with Crippen molar-refractivity contribution < 1.29 is 9.53 Å². The van der Waals surface area contributed by atoms with E-state index in [0.29, 0.717) is 16.8 Å². The first-order valence-corrected chi connectivity index (χ1v) is 11.8. The molecule has 4 rings (SSSR count). The molecule has 162 valence electrons. The average Bonchev–Trinajstić information content (AvgIpc) is 3.26. The highest BCUT2D eigenvalue weighted by Crippen LogP contribution is 2.29. The van der Waals surface area contributed by atoms with E-state index in [-0.39, 0.29) is 5.91 Å². The van der Waals surface area contributed by atoms with Gasteiger partial charge in [0.25, 0.3) is 0 Å². The first-order valence-electron chi connectivity index (χ1n) is 10.8. The van der Waals surface area contributed by atoms with Gasteiger partial charge in [-0.1, -0.05) is 49.2 Å². The molecule has 1 N–H and O–H groups in total. The van der Waals surface area contributed by atoms with E-state index in [2.05, 4.69) is 15.5 Å². The maximum atomic E-state index is 12.5. The zero-order chi connectivity index (χ0) is 21.5. The fourth-order valence-electron chi connectivity index (χ4n) is 3.93. The Morgan fingerprint density at radius 3 is 2.52 bits per heavy atom. The van der Waals surface area contributed by atoms with Crippen LogP contribution in [-0.4, -0.2) is 40.1 Å². The van der Waals surface area contributed by atoms with Gasteiger partial charge < -0.3 is 10.1 Å². The number of nitrogens with zero attached hydrogens (tertiary/aromatic N) is 3. The van der Waals surface area contributed by atoms with E-state index < -0.39 is 0 Å². The molecule has 1 amide bonds. The Morgan fingerprint density at radius 1 is 1.06 bits per heavy atom. The van der Waals surface area contributed by atoms with Crippen molar-refractivity contribution in [3.8, 4) is 22.8 Å². The van der Waals surface area contributed by atoms with E-state index in [1.807, 2.05) is 59.2 Å². The number of amides is 1. The van der Waals surface area contributed by atoms with Crippen molar-refractivity contribution in [2.45, 2.75) is 37.3 Å². The second-order valence-corrected chi connectivity index (χ2v) is 8.74. The Hall–Kier alpha value is -2.80. The first kappa shape index (κ1) is 21.4. The summed E-state index contributed by atoms with van der Waals surface area (Å²) >= 11 is 1.41. The lowest BCUT2D eigenvalue weighted by Crippen LogP contribution is -2.31. The number of methoxy groups -OCH3 is 1. The Balaban J connectivity index is 1.49. The van der Waals surface area contributed by atoms with Crippen LogP contribution in [0.5, 0.6) is 5.75 Å². The number of hydrogen-bond acceptors (Lipinski definition) is 5. The summed E-state index contributed by atoms with van der Waals surface area (Å²) in [7, 11) is 1.65. The van der Waals surface area contributed by atoms with Crippen molar-refractivity contribution in [1.29, 1.82) is 0 Å². The maximum absolute atomic E-state index is 12.5. The van der Waals surface area contributed by atoms with Crippen LogP contribution in [0.2, 0.25) is 0 Å². The lowest BCUT2D eigenvalue weighted by molar-refractivity contribution is -0.118. The van der Waals surface area contributed by atoms with Crippen molar-refractivity contribution in [3.05, 3.63) is 54.6 Å². The van der Waals surface area contributed by atoms with Gasteiger partial charge in [0, 0.05) is 17.8 Å². The summed E-state index contributed by atoms with van der Waals surface area (Å²) in [6, 6.07) is 17.7. The van der Waals surface area contributed by atoms with Crippen LogP contribution in [0.1, 0.15) is 32.1 Å². The van der Waals surface area contributed by atoms with Gasteiger partial charge in [0.1, 0.15) is 5.75 Å². The standard InChI is InChI=1S/C24H28N4O2S/c1-30-21-14-12-19(13-15-21)23-26-27-24(28(23)20-10-6-3-7-11-20)31-17-22(29)25-16-18-8-4-2-5-9-18/h3,6-7,10-15,18H,2,4-5,8-9,16-17H2,1H3,(H,25,29). The predicted molar refractivity (Wildman–Crippen MR) is 124 cm³/mol. The van der Waals surface area contributed by atoms with Gasteiger partial charge in [0.15, 0.2) is 11.0 Å². The number of aromatic nitrogens is 3. The number of carbonyl (C=O) groups is 1. The fourth-order valence-corrected chi connectivity index (χ4v) is 4.71. The van der Waals surface area contributed by atoms with Crippen LogP contribution in [0.15, 0.2) is 59.8 Å². The Morgan fingerprint density at radius 2 is 1.81 bits per heavy atom. The summed E-state index contributed by atoms with van der Waals surface area (Å²) in [4.78, 5) is 12.5. The first-order chi connectivity index (χ1) is 15.2. The predicted octanol–water partition coefficient (Wildman–Crippen LogP) is 4.73. The van der Waals surface area contributed by atoms with Crippen molar-refractivity contribution in [1.82, 2.24) is 20.1 Å². The number of ether oxygens (including phenoxy) is 1. The highest BCUT2D eigenvalue weighted by Gasteiger charge is 2.18. The third-order valence-corrected chi connectivity index (χ3v) is 6.57. The minimum atomic E-state index is 0.0455. The molecule has 1 aliphatic carbocycles. The van der Waals surface area contributed by atoms with Crippen molar-refractivity contribution >= 4 is 17.7 Å². The molecule has 0 aliphatic heterocycles. The number of rotatable bonds is 8. The third kappa shape index (κ3) is 5.47. The number of nitrogens with one attached hydrogen (secondary N) is 1. The van der Waals surface area contributed by atoms with Crippen LogP contribution in [0.3, 0.4) is 0 Å². The molecule has 1 fully saturated rings. The number of para-hydroxylation sites is 1. The molecule has 7 heteroatoms. The van der Waals surface area contributed by atoms with Gasteiger partial charge >= 0.3 is 0 Å². The normalized spacial score (nSPS) is 14.4. The summed E-state index contributed by atoms with van der Waals surface area (Å²) in [5.74, 6) is 2.51. The Bertz CT molecular complexity index is 983. The summed E-state index contributed by atoms with van der Waals surface area (Å²) in [6.45, 7) is 0.780. The lowest BCUT2D eigenvalue weighted by atomic mass is 9.89. The molecule has 3 aromatic rings. The summed E-state index contributed by atoms with van der Waals surface area (Å²) in [6.07, 6.45) is 6.33. The molecule has 0 radical (unpaired) electrons. The Kier molecular flexibility index (Phi) is 7.25. The second-order valence-electron chi connectivity index (χ2n) is 7.80. The van der Waals surface area contributed by atoms with Crippen LogP contribution in [-0.2, 0) is 4.79 Å². The monoisotopic (exact) mass is 436 g/mol. The van der Waals surface area contributed by atoms with Gasteiger partial charge in [-0.25, -0.2) is 0 Å². The van der Waals surface area contributed by atoms with Gasteiger partial charge in [-0.15, -0.1) is 10.2 Å². The molecule has 1 aliphatic rings. The van der Waals surface area contributed by atoms with E-state index in [4.69, 9.17) is 4.74 Å². The number of benzene rings is 2. The molecule has 1 saturated carbocycles. The highest BCUT2D eigenvalue weighted by atomic mass is 32.2. The van der Waals surface area contributed by atoms with Crippen LogP contribution in [0, 0.1) is 5.92 Å². The van der Waals surface area contributed by atoms with E-state index in [1.165, 1.54) is 43.9 Å². The molecule has 0 unspecified atom stereocenters. The van der Waals surface area contributed by atoms with E-state index in [9.17, 15) is 4.79 Å². The van der Waals surface area contributed by atoms with Crippen LogP contribution in [0.4, 0.5) is 0 Å². The molecule has 1 aromatic heterocycles. The molecule has 0 saturated heterocycles. The average molecular weight is 437 g/mol. The van der Waals surface area contributed by atoms with E-state index >= 15 is 0 Å². The molecule has 6 nitrogen and oxygen atoms in total. The highest BCUT2D eigenvalue weighted by molar-refractivity contribution is 7.99. The van der Waals surface area contributed by atoms with Crippen LogP contribution >= 0.6 is 11.8 Å².